The van der Waals surface area contributed by atoms with E-state index in [1.165, 1.54) is 6.07 Å². The summed E-state index contributed by atoms with van der Waals surface area (Å²) in [7, 11) is 0. The fraction of sp³-hybridized carbons (Fsp3) is 0.138. The van der Waals surface area contributed by atoms with E-state index in [9.17, 15) is 9.59 Å². The molecule has 3 aromatic carbocycles. The van der Waals surface area contributed by atoms with Crippen molar-refractivity contribution in [3.8, 4) is 0 Å². The first-order chi connectivity index (χ1) is 18.3. The van der Waals surface area contributed by atoms with Crippen LogP contribution in [0.4, 0.5) is 5.69 Å². The van der Waals surface area contributed by atoms with Gasteiger partial charge in [-0.15, -0.1) is 0 Å². The van der Waals surface area contributed by atoms with Crippen molar-refractivity contribution >= 4 is 86.5 Å². The van der Waals surface area contributed by atoms with Gasteiger partial charge in [0.05, 0.1) is 37.5 Å². The molecule has 1 aliphatic carbocycles. The molecule has 192 valence electrons. The number of pyridine rings is 1. The van der Waals surface area contributed by atoms with Gasteiger partial charge in [-0.05, 0) is 78.4 Å². The molecule has 1 aliphatic rings. The van der Waals surface area contributed by atoms with Crippen LogP contribution in [0.5, 0.6) is 0 Å². The Bertz CT molecular complexity index is 1620. The number of carbonyl (C=O) groups is 2. The van der Waals surface area contributed by atoms with Gasteiger partial charge in [0.2, 0.25) is 0 Å². The smallest absolute Gasteiger partial charge is 0.339 e. The third-order valence-corrected chi connectivity index (χ3v) is 7.49. The molecule has 0 unspecified atom stereocenters. The number of ether oxygens (including phenoxy) is 1. The first-order valence-corrected chi connectivity index (χ1v) is 13.3. The maximum absolute atomic E-state index is 13.4. The molecule has 0 saturated heterocycles. The molecule has 0 aliphatic heterocycles. The van der Waals surface area contributed by atoms with E-state index in [0.717, 1.165) is 35.2 Å². The number of rotatable bonds is 5. The zero-order valence-electron chi connectivity index (χ0n) is 19.9. The summed E-state index contributed by atoms with van der Waals surface area (Å²) in [6, 6.07) is 17.5. The average molecular weight is 586 g/mol. The monoisotopic (exact) mass is 584 g/mol. The zero-order valence-corrected chi connectivity index (χ0v) is 22.9. The van der Waals surface area contributed by atoms with Crippen LogP contribution in [-0.2, 0) is 16.0 Å². The van der Waals surface area contributed by atoms with E-state index >= 15 is 0 Å². The number of para-hydroxylation sites is 1. The molecule has 5 rings (SSSR count). The van der Waals surface area contributed by atoms with Crippen molar-refractivity contribution in [1.29, 1.82) is 0 Å². The summed E-state index contributed by atoms with van der Waals surface area (Å²) in [6.07, 6.45) is 4.29. The minimum atomic E-state index is -0.590. The van der Waals surface area contributed by atoms with Crippen LogP contribution in [0.15, 0.2) is 60.7 Å². The Balaban J connectivity index is 1.46. The van der Waals surface area contributed by atoms with E-state index in [1.807, 2.05) is 36.4 Å². The highest BCUT2D eigenvalue weighted by molar-refractivity contribution is 6.42. The van der Waals surface area contributed by atoms with E-state index in [4.69, 9.17) is 56.1 Å². The van der Waals surface area contributed by atoms with Crippen molar-refractivity contribution in [2.45, 2.75) is 19.3 Å². The van der Waals surface area contributed by atoms with Gasteiger partial charge >= 0.3 is 5.97 Å². The van der Waals surface area contributed by atoms with E-state index in [-0.39, 0.29) is 5.02 Å². The van der Waals surface area contributed by atoms with Gasteiger partial charge in [0.15, 0.2) is 6.61 Å². The molecule has 0 fully saturated rings. The summed E-state index contributed by atoms with van der Waals surface area (Å²) in [6.45, 7) is -0.477. The summed E-state index contributed by atoms with van der Waals surface area (Å²) in [5.74, 6) is -1.11. The highest BCUT2D eigenvalue weighted by Gasteiger charge is 2.26. The number of carbonyl (C=O) groups excluding carboxylic acids is 2. The molecule has 0 saturated carbocycles. The van der Waals surface area contributed by atoms with E-state index < -0.39 is 18.5 Å². The summed E-state index contributed by atoms with van der Waals surface area (Å²) < 4.78 is 5.48. The molecule has 1 amide bonds. The number of halogens is 4. The molecular weight excluding hydrogens is 566 g/mol. The van der Waals surface area contributed by atoms with Crippen LogP contribution in [0.25, 0.3) is 22.6 Å². The number of benzene rings is 3. The number of fused-ring (bicyclic) bond motifs is 2. The lowest BCUT2D eigenvalue weighted by atomic mass is 9.86. The summed E-state index contributed by atoms with van der Waals surface area (Å²) in [5.41, 5.74) is 4.87. The van der Waals surface area contributed by atoms with Gasteiger partial charge in [-0.25, -0.2) is 9.78 Å². The summed E-state index contributed by atoms with van der Waals surface area (Å²) >= 11 is 24.3. The lowest BCUT2D eigenvalue weighted by Crippen LogP contribution is -2.22. The molecule has 1 aromatic heterocycles. The number of anilines is 1. The van der Waals surface area contributed by atoms with E-state index in [1.54, 1.807) is 24.3 Å². The van der Waals surface area contributed by atoms with Crippen LogP contribution >= 0.6 is 46.4 Å². The minimum absolute atomic E-state index is 0.285. The minimum Gasteiger partial charge on any atom is -0.452 e. The second kappa shape index (κ2) is 11.3. The van der Waals surface area contributed by atoms with Crippen LogP contribution in [0.2, 0.25) is 20.1 Å². The highest BCUT2D eigenvalue weighted by Crippen LogP contribution is 2.37. The van der Waals surface area contributed by atoms with Gasteiger partial charge in [-0.1, -0.05) is 70.7 Å². The van der Waals surface area contributed by atoms with Gasteiger partial charge in [0.1, 0.15) is 0 Å². The van der Waals surface area contributed by atoms with Gasteiger partial charge in [-0.3, -0.25) is 4.79 Å². The van der Waals surface area contributed by atoms with Crippen molar-refractivity contribution in [1.82, 2.24) is 4.98 Å². The Labute approximate surface area is 239 Å². The Hall–Kier alpha value is -3.09. The van der Waals surface area contributed by atoms with Crippen LogP contribution in [0.1, 0.15) is 40.0 Å². The Kier molecular flexibility index (Phi) is 7.91. The molecule has 9 heteroatoms. The summed E-state index contributed by atoms with van der Waals surface area (Å²) in [5, 5.41) is 4.99. The molecule has 1 N–H and O–H groups in total. The van der Waals surface area contributed by atoms with Crippen molar-refractivity contribution in [3.05, 3.63) is 103 Å². The lowest BCUT2D eigenvalue weighted by Gasteiger charge is -2.22. The largest absolute Gasteiger partial charge is 0.452 e. The number of hydrogen-bond donors (Lipinski definition) is 1. The number of esters is 1. The predicted octanol–water partition coefficient (Wildman–Crippen LogP) is 8.52. The zero-order chi connectivity index (χ0) is 26.8. The van der Waals surface area contributed by atoms with Crippen LogP contribution < -0.4 is 5.32 Å². The van der Waals surface area contributed by atoms with Crippen molar-refractivity contribution in [2.24, 2.45) is 0 Å². The van der Waals surface area contributed by atoms with Gasteiger partial charge < -0.3 is 10.1 Å². The first-order valence-electron chi connectivity index (χ1n) is 11.8. The van der Waals surface area contributed by atoms with Crippen molar-refractivity contribution in [2.75, 3.05) is 11.9 Å². The van der Waals surface area contributed by atoms with Gasteiger partial charge in [0.25, 0.3) is 5.91 Å². The standard InChI is InChI=1S/C29H20Cl4N2O3/c30-18-9-11-25(23(33)14-18)34-26(36)15-38-29(37)27-19-5-1-2-7-24(19)35-28-17(4-3-6-20(27)28)12-16-8-10-21(31)22(32)13-16/h1-2,5,7-14H,3-4,6,15H2,(H,34,36)/b17-12-. The fourth-order valence-electron chi connectivity index (χ4n) is 4.49. The quantitative estimate of drug-likeness (QED) is 0.238. The Morgan fingerprint density at radius 3 is 2.53 bits per heavy atom. The van der Waals surface area contributed by atoms with Crippen molar-refractivity contribution in [3.63, 3.8) is 0 Å². The SMILES string of the molecule is O=C(COC(=O)c1c2c(nc3ccccc13)/C(=C\c1ccc(Cl)c(Cl)c1)CCC2)Nc1ccc(Cl)cc1Cl. The lowest BCUT2D eigenvalue weighted by molar-refractivity contribution is -0.119. The number of allylic oxidation sites excluding steroid dienone is 1. The molecule has 0 radical (unpaired) electrons. The second-order valence-electron chi connectivity index (χ2n) is 8.78. The van der Waals surface area contributed by atoms with Crippen LogP contribution in [0.3, 0.4) is 0 Å². The molecule has 4 aromatic rings. The molecule has 38 heavy (non-hydrogen) atoms. The average Bonchev–Trinajstić information content (AvgIpc) is 2.90. The maximum atomic E-state index is 13.4. The molecule has 0 atom stereocenters. The maximum Gasteiger partial charge on any atom is 0.339 e. The van der Waals surface area contributed by atoms with Crippen LogP contribution in [-0.4, -0.2) is 23.5 Å². The highest BCUT2D eigenvalue weighted by atomic mass is 35.5. The fourth-order valence-corrected chi connectivity index (χ4v) is 5.25. The molecule has 5 nitrogen and oxygen atoms in total. The first kappa shape index (κ1) is 26.5. The number of hydrogen-bond acceptors (Lipinski definition) is 4. The summed E-state index contributed by atoms with van der Waals surface area (Å²) in [4.78, 5) is 30.8. The second-order valence-corrected chi connectivity index (χ2v) is 10.4. The van der Waals surface area contributed by atoms with E-state index in [0.29, 0.717) is 43.6 Å². The van der Waals surface area contributed by atoms with Crippen molar-refractivity contribution < 1.29 is 14.3 Å². The van der Waals surface area contributed by atoms with Gasteiger partial charge in [-0.2, -0.15) is 0 Å². The number of aromatic nitrogens is 1. The topological polar surface area (TPSA) is 68.3 Å². The van der Waals surface area contributed by atoms with Gasteiger partial charge in [0, 0.05) is 10.4 Å². The van der Waals surface area contributed by atoms with E-state index in [2.05, 4.69) is 5.32 Å². The number of nitrogens with zero attached hydrogens (tertiary/aromatic N) is 1. The van der Waals surface area contributed by atoms with Crippen LogP contribution in [0, 0.1) is 0 Å². The number of amides is 1. The molecule has 1 heterocycles. The Morgan fingerprint density at radius 1 is 0.921 bits per heavy atom. The normalized spacial score (nSPS) is 13.8. The molecule has 0 spiro atoms. The Morgan fingerprint density at radius 2 is 1.74 bits per heavy atom. The third kappa shape index (κ3) is 5.67. The molecule has 0 bridgehead atoms. The number of nitrogens with one attached hydrogen (secondary N) is 1. The molecular formula is C29H20Cl4N2O3. The third-order valence-electron chi connectivity index (χ3n) is 6.20. The predicted molar refractivity (Wildman–Crippen MR) is 154 cm³/mol.